The maximum absolute atomic E-state index is 12.3. The lowest BCUT2D eigenvalue weighted by Crippen LogP contribution is -2.30. The average Bonchev–Trinajstić information content (AvgIpc) is 2.61. The van der Waals surface area contributed by atoms with Gasteiger partial charge in [-0.05, 0) is 36.2 Å². The van der Waals surface area contributed by atoms with Crippen molar-refractivity contribution in [2.45, 2.75) is 26.5 Å². The molecule has 0 aliphatic carbocycles. The van der Waals surface area contributed by atoms with Gasteiger partial charge in [0.05, 0.1) is 6.61 Å². The molecule has 0 aliphatic rings. The minimum Gasteiger partial charge on any atom is -0.494 e. The second kappa shape index (κ2) is 9.60. The summed E-state index contributed by atoms with van der Waals surface area (Å²) < 4.78 is 34.1. The summed E-state index contributed by atoms with van der Waals surface area (Å²) >= 11 is 0. The fourth-order valence-corrected chi connectivity index (χ4v) is 2.22. The first-order valence-corrected chi connectivity index (χ1v) is 8.26. The monoisotopic (exact) mass is 364 g/mol. The van der Waals surface area contributed by atoms with E-state index in [1.807, 2.05) is 19.1 Å². The predicted octanol–water partition coefficient (Wildman–Crippen LogP) is 4.74. The van der Waals surface area contributed by atoms with E-state index in [4.69, 9.17) is 4.74 Å². The van der Waals surface area contributed by atoms with E-state index in [0.717, 1.165) is 12.0 Å². The molecule has 7 heteroatoms. The highest BCUT2D eigenvalue weighted by Gasteiger charge is 2.11. The van der Waals surface area contributed by atoms with Crippen LogP contribution in [0, 0.1) is 0 Å². The first-order valence-electron chi connectivity index (χ1n) is 8.26. The molecule has 2 amide bonds. The molecule has 0 unspecified atom stereocenters. The van der Waals surface area contributed by atoms with Crippen molar-refractivity contribution in [2.24, 2.45) is 0 Å². The number of urea groups is 1. The molecule has 0 aliphatic heterocycles. The molecule has 0 saturated heterocycles. The summed E-state index contributed by atoms with van der Waals surface area (Å²) in [5.74, 6) is 0.779. The summed E-state index contributed by atoms with van der Waals surface area (Å²) in [5, 5.41) is 2.80. The summed E-state index contributed by atoms with van der Waals surface area (Å²) in [7, 11) is 1.65. The van der Waals surface area contributed by atoms with Gasteiger partial charge in [-0.3, -0.25) is 0 Å². The topological polar surface area (TPSA) is 50.8 Å². The molecule has 1 N–H and O–H groups in total. The quantitative estimate of drug-likeness (QED) is 0.736. The maximum atomic E-state index is 12.3. The second-order valence-corrected chi connectivity index (χ2v) is 5.68. The Hall–Kier alpha value is -2.83. The van der Waals surface area contributed by atoms with Crippen molar-refractivity contribution in [3.8, 4) is 11.5 Å². The lowest BCUT2D eigenvalue weighted by molar-refractivity contribution is -0.0498. The maximum Gasteiger partial charge on any atom is 0.387 e. The van der Waals surface area contributed by atoms with Crippen molar-refractivity contribution in [1.29, 1.82) is 0 Å². The molecule has 0 radical (unpaired) electrons. The molecule has 2 rings (SSSR count). The van der Waals surface area contributed by atoms with Crippen LogP contribution < -0.4 is 14.8 Å². The molecule has 0 spiro atoms. The predicted molar refractivity (Wildman–Crippen MR) is 95.8 cm³/mol. The number of carbonyl (C=O) groups is 1. The molecule has 0 fully saturated rings. The van der Waals surface area contributed by atoms with E-state index in [0.29, 0.717) is 24.6 Å². The number of halogens is 2. The van der Waals surface area contributed by atoms with Gasteiger partial charge in [0.15, 0.2) is 0 Å². The Labute approximate surface area is 151 Å². The molecule has 0 atom stereocenters. The zero-order valence-electron chi connectivity index (χ0n) is 14.7. The van der Waals surface area contributed by atoms with E-state index < -0.39 is 6.61 Å². The lowest BCUT2D eigenvalue weighted by Gasteiger charge is -2.18. The van der Waals surface area contributed by atoms with Crippen LogP contribution in [0.3, 0.4) is 0 Å². The molecule has 0 heterocycles. The summed E-state index contributed by atoms with van der Waals surface area (Å²) in [6, 6.07) is 13.1. The molecule has 2 aromatic carbocycles. The van der Waals surface area contributed by atoms with Crippen LogP contribution in [0.4, 0.5) is 19.3 Å². The highest BCUT2D eigenvalue weighted by atomic mass is 19.3. The van der Waals surface area contributed by atoms with Crippen molar-refractivity contribution < 1.29 is 23.0 Å². The average molecular weight is 364 g/mol. The first-order chi connectivity index (χ1) is 12.5. The summed E-state index contributed by atoms with van der Waals surface area (Å²) in [5.41, 5.74) is 1.43. The number of hydrogen-bond donors (Lipinski definition) is 1. The van der Waals surface area contributed by atoms with E-state index in [2.05, 4.69) is 10.1 Å². The Bertz CT molecular complexity index is 708. The Balaban J connectivity index is 1.91. The highest BCUT2D eigenvalue weighted by Crippen LogP contribution is 2.19. The van der Waals surface area contributed by atoms with Gasteiger partial charge in [0.1, 0.15) is 11.5 Å². The van der Waals surface area contributed by atoms with Gasteiger partial charge in [0, 0.05) is 25.3 Å². The molecule has 0 saturated carbocycles. The molecule has 5 nitrogen and oxygen atoms in total. The van der Waals surface area contributed by atoms with Crippen LogP contribution in [0.15, 0.2) is 48.5 Å². The molecule has 26 heavy (non-hydrogen) atoms. The minimum absolute atomic E-state index is 0.0831. The summed E-state index contributed by atoms with van der Waals surface area (Å²) in [6.07, 6.45) is 0.903. The normalized spacial score (nSPS) is 10.5. The van der Waals surface area contributed by atoms with Crippen LogP contribution in [0.1, 0.15) is 18.9 Å². The zero-order valence-corrected chi connectivity index (χ0v) is 14.7. The largest absolute Gasteiger partial charge is 0.494 e. The molecule has 0 bridgehead atoms. The molecule has 0 aromatic heterocycles. The molecule has 140 valence electrons. The van der Waals surface area contributed by atoms with Crippen LogP contribution in [0.5, 0.6) is 11.5 Å². The summed E-state index contributed by atoms with van der Waals surface area (Å²) in [4.78, 5) is 13.8. The number of anilines is 1. The number of benzene rings is 2. The Morgan fingerprint density at radius 3 is 2.54 bits per heavy atom. The van der Waals surface area contributed by atoms with Gasteiger partial charge in [-0.25, -0.2) is 4.79 Å². The molecular formula is C19H22F2N2O3. The van der Waals surface area contributed by atoms with Crippen LogP contribution >= 0.6 is 0 Å². The molecular weight excluding hydrogens is 342 g/mol. The number of hydrogen-bond acceptors (Lipinski definition) is 3. The van der Waals surface area contributed by atoms with Gasteiger partial charge in [-0.1, -0.05) is 25.1 Å². The third kappa shape index (κ3) is 6.23. The fourth-order valence-electron chi connectivity index (χ4n) is 2.22. The van der Waals surface area contributed by atoms with E-state index >= 15 is 0 Å². The SMILES string of the molecule is CCCOc1cccc(NC(=O)N(C)Cc2ccc(OC(F)F)cc2)c1. The van der Waals surface area contributed by atoms with Gasteiger partial charge in [0.25, 0.3) is 0 Å². The van der Waals surface area contributed by atoms with Crippen molar-refractivity contribution in [3.05, 3.63) is 54.1 Å². The number of amides is 2. The van der Waals surface area contributed by atoms with E-state index in [1.165, 1.54) is 17.0 Å². The van der Waals surface area contributed by atoms with Crippen LogP contribution in [0.25, 0.3) is 0 Å². The highest BCUT2D eigenvalue weighted by molar-refractivity contribution is 5.89. The van der Waals surface area contributed by atoms with E-state index in [9.17, 15) is 13.6 Å². The Morgan fingerprint density at radius 1 is 1.15 bits per heavy atom. The smallest absolute Gasteiger partial charge is 0.387 e. The van der Waals surface area contributed by atoms with Gasteiger partial charge in [-0.15, -0.1) is 0 Å². The van der Waals surface area contributed by atoms with Crippen LogP contribution in [-0.4, -0.2) is 31.2 Å². The van der Waals surface area contributed by atoms with Gasteiger partial charge in [-0.2, -0.15) is 8.78 Å². The van der Waals surface area contributed by atoms with Crippen molar-refractivity contribution in [3.63, 3.8) is 0 Å². The number of nitrogens with one attached hydrogen (secondary N) is 1. The minimum atomic E-state index is -2.86. The molecule has 2 aromatic rings. The van der Waals surface area contributed by atoms with Crippen LogP contribution in [0.2, 0.25) is 0 Å². The Morgan fingerprint density at radius 2 is 1.88 bits per heavy atom. The van der Waals surface area contributed by atoms with E-state index in [-0.39, 0.29) is 11.8 Å². The standard InChI is InChI=1S/C19H22F2N2O3/c1-3-11-25-17-6-4-5-15(12-17)22-19(24)23(2)13-14-7-9-16(10-8-14)26-18(20)21/h4-10,12,18H,3,11,13H2,1-2H3,(H,22,24). The van der Waals surface area contributed by atoms with Crippen LogP contribution in [-0.2, 0) is 6.54 Å². The van der Waals surface area contributed by atoms with Crippen molar-refractivity contribution >= 4 is 11.7 Å². The van der Waals surface area contributed by atoms with Gasteiger partial charge >= 0.3 is 12.6 Å². The number of alkyl halides is 2. The second-order valence-electron chi connectivity index (χ2n) is 5.68. The fraction of sp³-hybridized carbons (Fsp3) is 0.316. The lowest BCUT2D eigenvalue weighted by atomic mass is 10.2. The number of rotatable bonds is 8. The number of carbonyl (C=O) groups excluding carboxylic acids is 1. The Kier molecular flexibility index (Phi) is 7.20. The zero-order chi connectivity index (χ0) is 18.9. The third-order valence-corrected chi connectivity index (χ3v) is 3.47. The number of nitrogens with zero attached hydrogens (tertiary/aromatic N) is 1. The van der Waals surface area contributed by atoms with Gasteiger partial charge in [0.2, 0.25) is 0 Å². The number of ether oxygens (including phenoxy) is 2. The summed E-state index contributed by atoms with van der Waals surface area (Å²) in [6.45, 7) is 0.105. The van der Waals surface area contributed by atoms with Gasteiger partial charge < -0.3 is 19.7 Å². The third-order valence-electron chi connectivity index (χ3n) is 3.47. The van der Waals surface area contributed by atoms with Crippen molar-refractivity contribution in [1.82, 2.24) is 4.90 Å². The van der Waals surface area contributed by atoms with Crippen molar-refractivity contribution in [2.75, 3.05) is 19.0 Å². The van der Waals surface area contributed by atoms with E-state index in [1.54, 1.807) is 31.3 Å². The first kappa shape index (κ1) is 19.5.